The Bertz CT molecular complexity index is 792. The molecule has 1 aliphatic rings. The first-order valence-electron chi connectivity index (χ1n) is 7.82. The first kappa shape index (κ1) is 16.4. The van der Waals surface area contributed by atoms with Crippen LogP contribution in [0.15, 0.2) is 24.3 Å². The predicted octanol–water partition coefficient (Wildman–Crippen LogP) is 3.92. The molecule has 0 N–H and O–H groups in total. The molecule has 6 heteroatoms. The van der Waals surface area contributed by atoms with Gasteiger partial charge in [-0.25, -0.2) is 18.6 Å². The first-order chi connectivity index (χ1) is 11.5. The SMILES string of the molecule is CCOC(=O)c1cc(-c2ccc(F)cc2F)c2c(n1)O[C@@H](C)CC2. The normalized spacial score (nSPS) is 16.2. The fraction of sp³-hybridized carbons (Fsp3) is 0.333. The van der Waals surface area contributed by atoms with Crippen molar-refractivity contribution in [1.82, 2.24) is 4.98 Å². The third-order valence-corrected chi connectivity index (χ3v) is 3.91. The van der Waals surface area contributed by atoms with Crippen molar-refractivity contribution < 1.29 is 23.0 Å². The van der Waals surface area contributed by atoms with Gasteiger partial charge >= 0.3 is 5.97 Å². The van der Waals surface area contributed by atoms with Crippen LogP contribution in [-0.2, 0) is 11.2 Å². The summed E-state index contributed by atoms with van der Waals surface area (Å²) in [4.78, 5) is 16.3. The maximum Gasteiger partial charge on any atom is 0.357 e. The number of ether oxygens (including phenoxy) is 2. The molecular weight excluding hydrogens is 316 g/mol. The Balaban J connectivity index is 2.17. The molecule has 0 radical (unpaired) electrons. The lowest BCUT2D eigenvalue weighted by Gasteiger charge is -2.25. The van der Waals surface area contributed by atoms with Crippen molar-refractivity contribution in [1.29, 1.82) is 0 Å². The molecular formula is C18H17F2NO3. The number of fused-ring (bicyclic) bond motifs is 1. The molecule has 126 valence electrons. The molecule has 0 unspecified atom stereocenters. The third-order valence-electron chi connectivity index (χ3n) is 3.91. The number of esters is 1. The van der Waals surface area contributed by atoms with E-state index in [0.717, 1.165) is 12.5 Å². The van der Waals surface area contributed by atoms with Gasteiger partial charge in [0.25, 0.3) is 0 Å². The Morgan fingerprint density at radius 2 is 2.12 bits per heavy atom. The van der Waals surface area contributed by atoms with Crippen LogP contribution in [0.1, 0.15) is 36.3 Å². The van der Waals surface area contributed by atoms with Gasteiger partial charge in [0.1, 0.15) is 11.6 Å². The number of nitrogens with zero attached hydrogens (tertiary/aromatic N) is 1. The van der Waals surface area contributed by atoms with Gasteiger partial charge in [-0.15, -0.1) is 0 Å². The van der Waals surface area contributed by atoms with E-state index in [4.69, 9.17) is 9.47 Å². The summed E-state index contributed by atoms with van der Waals surface area (Å²) in [5.41, 5.74) is 1.45. The van der Waals surface area contributed by atoms with Crippen molar-refractivity contribution in [2.75, 3.05) is 6.61 Å². The summed E-state index contributed by atoms with van der Waals surface area (Å²) in [6.45, 7) is 3.80. The zero-order valence-electron chi connectivity index (χ0n) is 13.4. The van der Waals surface area contributed by atoms with Crippen molar-refractivity contribution in [3.8, 4) is 17.0 Å². The molecule has 0 aliphatic carbocycles. The molecule has 4 nitrogen and oxygen atoms in total. The van der Waals surface area contributed by atoms with Crippen LogP contribution in [0.5, 0.6) is 5.88 Å². The summed E-state index contributed by atoms with van der Waals surface area (Å²) < 4.78 is 38.1. The lowest BCUT2D eigenvalue weighted by Crippen LogP contribution is -2.22. The lowest BCUT2D eigenvalue weighted by molar-refractivity contribution is 0.0517. The van der Waals surface area contributed by atoms with Crippen molar-refractivity contribution in [3.05, 3.63) is 47.2 Å². The number of rotatable bonds is 3. The van der Waals surface area contributed by atoms with Crippen LogP contribution in [0.2, 0.25) is 0 Å². The molecule has 1 atom stereocenters. The molecule has 24 heavy (non-hydrogen) atoms. The minimum absolute atomic E-state index is 0.0448. The highest BCUT2D eigenvalue weighted by atomic mass is 19.1. The van der Waals surface area contributed by atoms with Crippen molar-refractivity contribution >= 4 is 5.97 Å². The molecule has 2 aromatic rings. The van der Waals surface area contributed by atoms with Crippen molar-refractivity contribution in [3.63, 3.8) is 0 Å². The minimum Gasteiger partial charge on any atom is -0.474 e. The largest absolute Gasteiger partial charge is 0.474 e. The first-order valence-corrected chi connectivity index (χ1v) is 7.82. The van der Waals surface area contributed by atoms with E-state index in [1.807, 2.05) is 6.92 Å². The summed E-state index contributed by atoms with van der Waals surface area (Å²) in [6, 6.07) is 4.83. The number of aromatic nitrogens is 1. The van der Waals surface area contributed by atoms with Crippen LogP contribution in [0.3, 0.4) is 0 Å². The fourth-order valence-electron chi connectivity index (χ4n) is 2.74. The minimum atomic E-state index is -0.697. The number of carbonyl (C=O) groups is 1. The topological polar surface area (TPSA) is 48.4 Å². The zero-order valence-corrected chi connectivity index (χ0v) is 13.4. The smallest absolute Gasteiger partial charge is 0.357 e. The molecule has 0 saturated carbocycles. The van der Waals surface area contributed by atoms with Crippen LogP contribution in [0.25, 0.3) is 11.1 Å². The lowest BCUT2D eigenvalue weighted by atomic mass is 9.94. The standard InChI is InChI=1S/C18H17F2NO3/c1-3-23-18(22)16-9-14(12-7-5-11(19)8-15(12)20)13-6-4-10(2)24-17(13)21-16/h5,7-10H,3-4,6H2,1-2H3/t10-/m0/s1. The van der Waals surface area contributed by atoms with Gasteiger partial charge in [0.05, 0.1) is 12.7 Å². The van der Waals surface area contributed by atoms with Gasteiger partial charge in [0.2, 0.25) is 5.88 Å². The van der Waals surface area contributed by atoms with Crippen LogP contribution < -0.4 is 4.74 Å². The van der Waals surface area contributed by atoms with E-state index in [-0.39, 0.29) is 24.0 Å². The third kappa shape index (κ3) is 3.09. The van der Waals surface area contributed by atoms with E-state index in [2.05, 4.69) is 4.98 Å². The maximum atomic E-state index is 14.2. The quantitative estimate of drug-likeness (QED) is 0.799. The van der Waals surface area contributed by atoms with Crippen LogP contribution in [-0.4, -0.2) is 23.7 Å². The summed E-state index contributed by atoms with van der Waals surface area (Å²) in [7, 11) is 0. The zero-order chi connectivity index (χ0) is 17.3. The number of hydrogen-bond donors (Lipinski definition) is 0. The van der Waals surface area contributed by atoms with E-state index in [1.165, 1.54) is 18.2 Å². The molecule has 0 saturated heterocycles. The van der Waals surface area contributed by atoms with Gasteiger partial charge in [0.15, 0.2) is 5.69 Å². The molecule has 0 bridgehead atoms. The Labute approximate surface area is 138 Å². The van der Waals surface area contributed by atoms with Crippen LogP contribution >= 0.6 is 0 Å². The van der Waals surface area contributed by atoms with E-state index >= 15 is 0 Å². The number of hydrogen-bond acceptors (Lipinski definition) is 4. The highest BCUT2D eigenvalue weighted by Gasteiger charge is 2.25. The van der Waals surface area contributed by atoms with Crippen LogP contribution in [0.4, 0.5) is 8.78 Å². The summed E-state index contributed by atoms with van der Waals surface area (Å²) in [5, 5.41) is 0. The van der Waals surface area contributed by atoms with Gasteiger partial charge in [-0.05, 0) is 50.5 Å². The average molecular weight is 333 g/mol. The van der Waals surface area contributed by atoms with E-state index in [1.54, 1.807) is 6.92 Å². The van der Waals surface area contributed by atoms with Gasteiger partial charge in [-0.1, -0.05) is 0 Å². The Kier molecular flexibility index (Phi) is 4.46. The van der Waals surface area contributed by atoms with Gasteiger partial charge in [-0.3, -0.25) is 0 Å². The summed E-state index contributed by atoms with van der Waals surface area (Å²) >= 11 is 0. The Morgan fingerprint density at radius 1 is 1.33 bits per heavy atom. The second-order valence-corrected chi connectivity index (χ2v) is 5.65. The van der Waals surface area contributed by atoms with Crippen molar-refractivity contribution in [2.24, 2.45) is 0 Å². The predicted molar refractivity (Wildman–Crippen MR) is 84.0 cm³/mol. The van der Waals surface area contributed by atoms with Gasteiger partial charge in [-0.2, -0.15) is 0 Å². The van der Waals surface area contributed by atoms with Gasteiger partial charge < -0.3 is 9.47 Å². The molecule has 3 rings (SSSR count). The molecule has 2 heterocycles. The fourth-order valence-corrected chi connectivity index (χ4v) is 2.74. The molecule has 1 aromatic carbocycles. The molecule has 0 amide bonds. The molecule has 1 aliphatic heterocycles. The average Bonchev–Trinajstić information content (AvgIpc) is 2.54. The molecule has 0 fully saturated rings. The maximum absolute atomic E-state index is 14.2. The molecule has 1 aromatic heterocycles. The van der Waals surface area contributed by atoms with E-state index in [9.17, 15) is 13.6 Å². The number of pyridine rings is 1. The van der Waals surface area contributed by atoms with Crippen molar-refractivity contribution in [2.45, 2.75) is 32.8 Å². The van der Waals surface area contributed by atoms with E-state index < -0.39 is 17.6 Å². The van der Waals surface area contributed by atoms with Crippen LogP contribution in [0, 0.1) is 11.6 Å². The number of benzene rings is 1. The summed E-state index contributed by atoms with van der Waals surface area (Å²) in [6.07, 6.45) is 1.34. The summed E-state index contributed by atoms with van der Waals surface area (Å²) in [5.74, 6) is -1.66. The Hall–Kier alpha value is -2.50. The highest BCUT2D eigenvalue weighted by Crippen LogP contribution is 2.36. The van der Waals surface area contributed by atoms with E-state index in [0.29, 0.717) is 23.4 Å². The second-order valence-electron chi connectivity index (χ2n) is 5.65. The van der Waals surface area contributed by atoms with Gasteiger partial charge in [0, 0.05) is 17.2 Å². The Morgan fingerprint density at radius 3 is 2.83 bits per heavy atom. The monoisotopic (exact) mass is 333 g/mol. The number of carbonyl (C=O) groups excluding carboxylic acids is 1. The highest BCUT2D eigenvalue weighted by molar-refractivity contribution is 5.90. The molecule has 0 spiro atoms. The number of halogens is 2. The second kappa shape index (κ2) is 6.55.